The van der Waals surface area contributed by atoms with E-state index < -0.39 is 0 Å². The Kier molecular flexibility index (Phi) is 20.1. The number of nitrogens with zero attached hydrogens (tertiary/aromatic N) is 1. The van der Waals surface area contributed by atoms with E-state index >= 15 is 0 Å². The Labute approximate surface area is 178 Å². The van der Waals surface area contributed by atoms with Gasteiger partial charge in [0.1, 0.15) is 0 Å². The number of rotatable bonds is 22. The number of nitrogens with one attached hydrogen (secondary N) is 1. The van der Waals surface area contributed by atoms with Crippen LogP contribution in [-0.4, -0.2) is 45.3 Å². The first-order valence-electron chi connectivity index (χ1n) is 12.6. The van der Waals surface area contributed by atoms with Crippen molar-refractivity contribution in [1.29, 1.82) is 0 Å². The van der Waals surface area contributed by atoms with Gasteiger partial charge < -0.3 is 9.32 Å². The van der Waals surface area contributed by atoms with Gasteiger partial charge in [0, 0.05) is 13.0 Å². The summed E-state index contributed by atoms with van der Waals surface area (Å²) in [5, 5.41) is 0. The SMILES string of the molecule is CCCCCCC(C)CCCCCCCCCCCONCCC[N+](C)(C)C. The number of hydroxylamine groups is 1. The monoisotopic (exact) mass is 399 g/mol. The largest absolute Gasteiger partial charge is 0.331 e. The first-order valence-corrected chi connectivity index (χ1v) is 12.6. The summed E-state index contributed by atoms with van der Waals surface area (Å²) in [6, 6.07) is 0. The highest BCUT2D eigenvalue weighted by molar-refractivity contribution is 4.55. The quantitative estimate of drug-likeness (QED) is 0.119. The van der Waals surface area contributed by atoms with E-state index in [2.05, 4.69) is 40.5 Å². The van der Waals surface area contributed by atoms with E-state index in [1.807, 2.05) is 0 Å². The van der Waals surface area contributed by atoms with Crippen LogP contribution in [0.4, 0.5) is 0 Å². The van der Waals surface area contributed by atoms with E-state index in [-0.39, 0.29) is 0 Å². The number of hydrogen-bond acceptors (Lipinski definition) is 2. The molecular formula is C25H55N2O+. The molecule has 0 saturated carbocycles. The van der Waals surface area contributed by atoms with Gasteiger partial charge in [-0.15, -0.1) is 0 Å². The molecule has 0 heterocycles. The van der Waals surface area contributed by atoms with Crippen molar-refractivity contribution in [3.63, 3.8) is 0 Å². The Hall–Kier alpha value is -0.120. The molecule has 0 amide bonds. The van der Waals surface area contributed by atoms with Gasteiger partial charge in [0.05, 0.1) is 34.3 Å². The van der Waals surface area contributed by atoms with Crippen LogP contribution >= 0.6 is 0 Å². The van der Waals surface area contributed by atoms with Crippen molar-refractivity contribution in [2.24, 2.45) is 5.92 Å². The number of quaternary nitrogens is 1. The fraction of sp³-hybridized carbons (Fsp3) is 1.00. The lowest BCUT2D eigenvalue weighted by atomic mass is 9.96. The van der Waals surface area contributed by atoms with Crippen LogP contribution in [0, 0.1) is 5.92 Å². The molecule has 0 spiro atoms. The van der Waals surface area contributed by atoms with Crippen molar-refractivity contribution in [2.45, 2.75) is 117 Å². The van der Waals surface area contributed by atoms with E-state index in [4.69, 9.17) is 4.84 Å². The Balaban J connectivity index is 3.12. The topological polar surface area (TPSA) is 21.3 Å². The lowest BCUT2D eigenvalue weighted by molar-refractivity contribution is -0.870. The van der Waals surface area contributed by atoms with Crippen LogP contribution in [0.3, 0.4) is 0 Å². The molecule has 0 bridgehead atoms. The van der Waals surface area contributed by atoms with Crippen LogP contribution in [0.25, 0.3) is 0 Å². The Morgan fingerprint density at radius 3 is 1.71 bits per heavy atom. The van der Waals surface area contributed by atoms with Crippen LogP contribution in [0.1, 0.15) is 117 Å². The molecule has 0 fully saturated rings. The molecule has 170 valence electrons. The van der Waals surface area contributed by atoms with Gasteiger partial charge in [0.15, 0.2) is 0 Å². The summed E-state index contributed by atoms with van der Waals surface area (Å²) in [5.74, 6) is 0.950. The first kappa shape index (κ1) is 27.9. The second kappa shape index (κ2) is 20.2. The molecule has 0 aliphatic carbocycles. The zero-order valence-corrected chi connectivity index (χ0v) is 20.4. The summed E-state index contributed by atoms with van der Waals surface area (Å²) in [4.78, 5) is 5.52. The minimum atomic E-state index is 0.862. The van der Waals surface area contributed by atoms with E-state index in [0.29, 0.717) is 0 Å². The van der Waals surface area contributed by atoms with Crippen molar-refractivity contribution >= 4 is 0 Å². The second-order valence-electron chi connectivity index (χ2n) is 10.0. The van der Waals surface area contributed by atoms with Crippen molar-refractivity contribution < 1.29 is 9.32 Å². The lowest BCUT2D eigenvalue weighted by Gasteiger charge is -2.23. The molecule has 0 rings (SSSR count). The van der Waals surface area contributed by atoms with E-state index in [9.17, 15) is 0 Å². The van der Waals surface area contributed by atoms with Crippen LogP contribution in [0.5, 0.6) is 0 Å². The molecule has 0 aliphatic heterocycles. The standard InChI is InChI=1S/C25H55N2O/c1-6-7-8-16-20-25(2)21-17-14-12-10-9-11-13-15-18-24-28-26-22-19-23-27(3,4)5/h25-26H,6-24H2,1-5H3/q+1. The summed E-state index contributed by atoms with van der Waals surface area (Å²) < 4.78 is 1.03. The average Bonchev–Trinajstić information content (AvgIpc) is 2.64. The van der Waals surface area contributed by atoms with Gasteiger partial charge in [-0.2, -0.15) is 0 Å². The molecule has 0 aromatic heterocycles. The fourth-order valence-corrected chi connectivity index (χ4v) is 3.74. The highest BCUT2D eigenvalue weighted by Gasteiger charge is 2.05. The smallest absolute Gasteiger partial charge is 0.0793 e. The van der Waals surface area contributed by atoms with Crippen LogP contribution in [-0.2, 0) is 4.84 Å². The van der Waals surface area contributed by atoms with E-state index in [1.165, 1.54) is 109 Å². The second-order valence-corrected chi connectivity index (χ2v) is 10.0. The zero-order chi connectivity index (χ0) is 20.9. The molecule has 0 saturated heterocycles. The molecule has 0 aromatic rings. The third-order valence-electron chi connectivity index (χ3n) is 5.70. The lowest BCUT2D eigenvalue weighted by Crippen LogP contribution is -2.36. The van der Waals surface area contributed by atoms with Crippen molar-refractivity contribution in [3.05, 3.63) is 0 Å². The summed E-state index contributed by atoms with van der Waals surface area (Å²) >= 11 is 0. The molecule has 3 nitrogen and oxygen atoms in total. The van der Waals surface area contributed by atoms with Crippen LogP contribution in [0.2, 0.25) is 0 Å². The fourth-order valence-electron chi connectivity index (χ4n) is 3.74. The number of unbranched alkanes of at least 4 members (excludes halogenated alkanes) is 11. The van der Waals surface area contributed by atoms with Gasteiger partial charge in [0.25, 0.3) is 0 Å². The van der Waals surface area contributed by atoms with Crippen molar-refractivity contribution in [1.82, 2.24) is 5.48 Å². The summed E-state index contributed by atoms with van der Waals surface area (Å²) in [6.45, 7) is 7.77. The molecule has 1 unspecified atom stereocenters. The Bertz CT molecular complexity index is 301. The molecule has 28 heavy (non-hydrogen) atoms. The van der Waals surface area contributed by atoms with Gasteiger partial charge in [-0.25, -0.2) is 5.48 Å². The van der Waals surface area contributed by atoms with Gasteiger partial charge in [0.2, 0.25) is 0 Å². The van der Waals surface area contributed by atoms with Gasteiger partial charge in [-0.1, -0.05) is 104 Å². The maximum absolute atomic E-state index is 5.52. The summed E-state index contributed by atoms with van der Waals surface area (Å²) in [5.41, 5.74) is 3.10. The molecule has 1 atom stereocenters. The van der Waals surface area contributed by atoms with Crippen molar-refractivity contribution in [2.75, 3.05) is 40.8 Å². The minimum Gasteiger partial charge on any atom is -0.331 e. The molecule has 3 heteroatoms. The zero-order valence-electron chi connectivity index (χ0n) is 20.4. The normalized spacial score (nSPS) is 13.2. The van der Waals surface area contributed by atoms with Crippen LogP contribution < -0.4 is 5.48 Å². The van der Waals surface area contributed by atoms with E-state index in [1.54, 1.807) is 0 Å². The highest BCUT2D eigenvalue weighted by Crippen LogP contribution is 2.18. The Morgan fingerprint density at radius 1 is 0.679 bits per heavy atom. The van der Waals surface area contributed by atoms with Crippen molar-refractivity contribution in [3.8, 4) is 0 Å². The highest BCUT2D eigenvalue weighted by atomic mass is 16.6. The molecule has 1 N–H and O–H groups in total. The summed E-state index contributed by atoms with van der Waals surface area (Å²) in [6.07, 6.45) is 22.3. The van der Waals surface area contributed by atoms with Gasteiger partial charge in [-0.05, 0) is 12.3 Å². The van der Waals surface area contributed by atoms with Gasteiger partial charge >= 0.3 is 0 Å². The summed E-state index contributed by atoms with van der Waals surface area (Å²) in [7, 11) is 6.70. The van der Waals surface area contributed by atoms with E-state index in [0.717, 1.165) is 23.6 Å². The Morgan fingerprint density at radius 2 is 1.18 bits per heavy atom. The first-order chi connectivity index (χ1) is 13.5. The minimum absolute atomic E-state index is 0.862. The maximum Gasteiger partial charge on any atom is 0.0793 e. The third-order valence-corrected chi connectivity index (χ3v) is 5.70. The average molecular weight is 400 g/mol. The predicted octanol–water partition coefficient (Wildman–Crippen LogP) is 7.11. The number of hydrogen-bond donors (Lipinski definition) is 1. The molecule has 0 aromatic carbocycles. The molecule has 0 aliphatic rings. The van der Waals surface area contributed by atoms with Gasteiger partial charge in [-0.3, -0.25) is 0 Å². The molecular weight excluding hydrogens is 344 g/mol. The maximum atomic E-state index is 5.52. The van der Waals surface area contributed by atoms with Crippen LogP contribution in [0.15, 0.2) is 0 Å². The third kappa shape index (κ3) is 23.9. The predicted molar refractivity (Wildman–Crippen MR) is 126 cm³/mol. The molecule has 0 radical (unpaired) electrons.